The van der Waals surface area contributed by atoms with Crippen molar-refractivity contribution in [3.05, 3.63) is 82.3 Å². The number of anilines is 2. The zero-order valence-corrected chi connectivity index (χ0v) is 35.6. The predicted molar refractivity (Wildman–Crippen MR) is 233 cm³/mol. The Bertz CT molecular complexity index is 2300. The van der Waals surface area contributed by atoms with E-state index < -0.39 is 17.4 Å². The highest BCUT2D eigenvalue weighted by molar-refractivity contribution is 7.89. The molecule has 61 heavy (non-hydrogen) atoms. The largest absolute Gasteiger partial charge is 0.593 e. The van der Waals surface area contributed by atoms with Gasteiger partial charge in [-0.25, -0.2) is 4.98 Å². The number of piperidine rings is 2. The lowest BCUT2D eigenvalue weighted by Crippen LogP contribution is -2.59. The summed E-state index contributed by atoms with van der Waals surface area (Å²) in [7, 11) is 1.55. The number of likely N-dealkylation sites (N-methyl/N-ethyl adjacent to an activating group) is 1. The minimum atomic E-state index is -1.31. The number of likely N-dealkylation sites (tertiary alicyclic amines) is 1. The van der Waals surface area contributed by atoms with Crippen molar-refractivity contribution in [2.45, 2.75) is 106 Å². The van der Waals surface area contributed by atoms with Gasteiger partial charge in [-0.3, -0.25) is 23.9 Å². The molecule has 2 atom stereocenters. The van der Waals surface area contributed by atoms with E-state index in [9.17, 15) is 23.7 Å². The number of hydrogen-bond acceptors (Lipinski definition) is 12. The van der Waals surface area contributed by atoms with Crippen molar-refractivity contribution in [1.82, 2.24) is 34.0 Å². The van der Waals surface area contributed by atoms with E-state index in [1.165, 1.54) is 0 Å². The highest BCUT2D eigenvalue weighted by Crippen LogP contribution is 2.34. The summed E-state index contributed by atoms with van der Waals surface area (Å²) in [6.45, 7) is 5.21. The number of hydrogen-bond donors (Lipinski definition) is 2. The van der Waals surface area contributed by atoms with Gasteiger partial charge in [0.2, 0.25) is 11.9 Å². The highest BCUT2D eigenvalue weighted by Gasteiger charge is 2.38. The van der Waals surface area contributed by atoms with Crippen LogP contribution in [0.1, 0.15) is 86.2 Å². The third-order valence-corrected chi connectivity index (χ3v) is 14.8. The smallest absolute Gasteiger partial charge is 0.255 e. The van der Waals surface area contributed by atoms with Gasteiger partial charge < -0.3 is 34.5 Å². The maximum Gasteiger partial charge on any atom is 0.255 e. The summed E-state index contributed by atoms with van der Waals surface area (Å²) in [5.41, 5.74) is 3.31. The summed E-state index contributed by atoms with van der Waals surface area (Å²) in [6.07, 6.45) is 11.1. The second kappa shape index (κ2) is 18.1. The fourth-order valence-corrected chi connectivity index (χ4v) is 11.2. The molecule has 2 amide bonds. The first-order valence-corrected chi connectivity index (χ1v) is 23.0. The fourth-order valence-electron chi connectivity index (χ4n) is 9.90. The second-order valence-corrected chi connectivity index (χ2v) is 18.6. The van der Waals surface area contributed by atoms with E-state index in [1.54, 1.807) is 30.3 Å². The number of nitrogens with one attached hydrogen (secondary N) is 2. The molecule has 322 valence electrons. The van der Waals surface area contributed by atoms with Gasteiger partial charge in [-0.2, -0.15) is 4.98 Å². The van der Waals surface area contributed by atoms with Crippen LogP contribution in [0.15, 0.2) is 70.5 Å². The number of rotatable bonds is 14. The van der Waals surface area contributed by atoms with E-state index in [-0.39, 0.29) is 42.0 Å². The van der Waals surface area contributed by atoms with Gasteiger partial charge in [-0.05, 0) is 86.9 Å². The molecule has 2 N–H and O–H groups in total. The lowest BCUT2D eigenvalue weighted by atomic mass is 9.97. The molecule has 0 radical (unpaired) electrons. The fraction of sp³-hybridized carbons (Fsp3) is 0.511. The molecule has 6 heterocycles. The molecule has 4 aromatic rings. The Labute approximate surface area is 359 Å². The van der Waals surface area contributed by atoms with Gasteiger partial charge in [0.05, 0.1) is 11.4 Å². The lowest BCUT2D eigenvalue weighted by Gasteiger charge is -2.47. The molecular formula is C45H55N9O6S. The zero-order chi connectivity index (χ0) is 42.0. The van der Waals surface area contributed by atoms with Gasteiger partial charge in [0.1, 0.15) is 29.8 Å². The molecule has 2 aromatic heterocycles. The van der Waals surface area contributed by atoms with Crippen LogP contribution in [-0.2, 0) is 27.5 Å². The summed E-state index contributed by atoms with van der Waals surface area (Å²) >= 11 is -1.31. The van der Waals surface area contributed by atoms with Crippen molar-refractivity contribution < 1.29 is 23.7 Å². The van der Waals surface area contributed by atoms with Crippen LogP contribution in [0.25, 0.3) is 11.0 Å². The van der Waals surface area contributed by atoms with Crippen LogP contribution in [0.4, 0.5) is 11.6 Å². The molecule has 2 unspecified atom stereocenters. The average molecular weight is 850 g/mol. The molecule has 1 saturated carbocycles. The number of aldehydes is 1. The topological polar surface area (TPSA) is 168 Å². The van der Waals surface area contributed by atoms with Gasteiger partial charge >= 0.3 is 0 Å². The van der Waals surface area contributed by atoms with Crippen LogP contribution in [0.2, 0.25) is 0 Å². The Morgan fingerprint density at radius 1 is 0.967 bits per heavy atom. The normalized spacial score (nSPS) is 20.7. The van der Waals surface area contributed by atoms with E-state index in [2.05, 4.69) is 31.5 Å². The van der Waals surface area contributed by atoms with E-state index in [1.807, 2.05) is 45.3 Å². The SMILES string of the molecule is CNC(=O)C(CCC=O)N1Cc2cc(N3CCC(N4CC(Oc5cccc([S+]([O-])N6CCC(Nc7ncc8ccc(=O)n(C9CCCC9)c8n7)CC6)c5)C4)CC3)ccc2C1=O. The molecule has 16 heteroatoms. The summed E-state index contributed by atoms with van der Waals surface area (Å²) in [5.74, 6) is 0.849. The summed E-state index contributed by atoms with van der Waals surface area (Å²) in [4.78, 5) is 66.3. The summed E-state index contributed by atoms with van der Waals surface area (Å²) in [6, 6.07) is 17.2. The number of carbonyl (C=O) groups excluding carboxylic acids is 3. The van der Waals surface area contributed by atoms with Crippen LogP contribution in [0.5, 0.6) is 5.75 Å². The number of fused-ring (bicyclic) bond motifs is 2. The predicted octanol–water partition coefficient (Wildman–Crippen LogP) is 4.29. The Kier molecular flexibility index (Phi) is 12.3. The average Bonchev–Trinajstić information content (AvgIpc) is 3.93. The Balaban J connectivity index is 0.727. The van der Waals surface area contributed by atoms with Crippen LogP contribution in [0, 0.1) is 0 Å². The Morgan fingerprint density at radius 2 is 1.75 bits per heavy atom. The molecular weight excluding hydrogens is 795 g/mol. The van der Waals surface area contributed by atoms with Gasteiger partial charge in [0.25, 0.3) is 11.5 Å². The second-order valence-electron chi connectivity index (χ2n) is 17.1. The van der Waals surface area contributed by atoms with Crippen molar-refractivity contribution in [2.24, 2.45) is 0 Å². The molecule has 9 rings (SSSR count). The third kappa shape index (κ3) is 8.72. The number of aromatic nitrogens is 3. The molecule has 1 aliphatic carbocycles. The molecule has 4 fully saturated rings. The van der Waals surface area contributed by atoms with Gasteiger partial charge in [-0.1, -0.05) is 18.9 Å². The molecule has 0 spiro atoms. The quantitative estimate of drug-likeness (QED) is 0.137. The molecule has 5 aliphatic rings. The van der Waals surface area contributed by atoms with Gasteiger partial charge in [0, 0.05) is 112 Å². The Hall–Kier alpha value is -5.03. The summed E-state index contributed by atoms with van der Waals surface area (Å²) in [5, 5.41) is 7.00. The summed E-state index contributed by atoms with van der Waals surface area (Å²) < 4.78 is 24.0. The molecule has 15 nitrogen and oxygen atoms in total. The highest BCUT2D eigenvalue weighted by atomic mass is 32.2. The molecule has 4 aliphatic heterocycles. The van der Waals surface area contributed by atoms with Crippen molar-refractivity contribution in [2.75, 3.05) is 56.5 Å². The first kappa shape index (κ1) is 41.3. The number of amides is 2. The van der Waals surface area contributed by atoms with E-state index in [0.29, 0.717) is 49.3 Å². The van der Waals surface area contributed by atoms with Crippen molar-refractivity contribution >= 4 is 52.1 Å². The van der Waals surface area contributed by atoms with E-state index >= 15 is 0 Å². The minimum absolute atomic E-state index is 0.00926. The van der Waals surface area contributed by atoms with Gasteiger partial charge in [0.15, 0.2) is 4.90 Å². The van der Waals surface area contributed by atoms with E-state index in [4.69, 9.17) is 9.72 Å². The minimum Gasteiger partial charge on any atom is -0.593 e. The number of nitrogens with zero attached hydrogens (tertiary/aromatic N) is 7. The standard InChI is InChI=1S/C45H55N9O6S/c1-46-43(57)40(10-5-23-55)53-27-31-24-35(12-13-39(31)44(53)58)50-19-17-33(18-20-50)51-28-37(29-51)60-36-8-4-9-38(25-36)61(59)52-21-15-32(16-22-52)48-45-47-26-30-11-14-41(56)54(42(30)49-45)34-6-2-3-7-34/h4,8-9,11-14,23-26,32-34,37,40H,2-3,5-7,10,15-22,27-29H2,1H3,(H,46,57)(H,47,48,49). The molecule has 0 bridgehead atoms. The Morgan fingerprint density at radius 3 is 2.51 bits per heavy atom. The molecule has 2 aromatic carbocycles. The van der Waals surface area contributed by atoms with Crippen molar-refractivity contribution in [3.8, 4) is 5.75 Å². The monoisotopic (exact) mass is 849 g/mol. The van der Waals surface area contributed by atoms with Crippen molar-refractivity contribution in [3.63, 3.8) is 0 Å². The van der Waals surface area contributed by atoms with Crippen LogP contribution in [-0.4, -0.2) is 122 Å². The number of benzene rings is 2. The third-order valence-electron chi connectivity index (χ3n) is 13.3. The molecule has 3 saturated heterocycles. The number of carbonyl (C=O) groups is 3. The van der Waals surface area contributed by atoms with Crippen LogP contribution < -0.4 is 25.8 Å². The first-order valence-electron chi connectivity index (χ1n) is 21.9. The van der Waals surface area contributed by atoms with Crippen LogP contribution in [0.3, 0.4) is 0 Å². The van der Waals surface area contributed by atoms with E-state index in [0.717, 1.165) is 111 Å². The number of pyridine rings is 1. The van der Waals surface area contributed by atoms with Crippen LogP contribution >= 0.6 is 0 Å². The maximum atomic E-state index is 13.7. The van der Waals surface area contributed by atoms with Crippen molar-refractivity contribution in [1.29, 1.82) is 0 Å². The number of ether oxygens (including phenoxy) is 1. The zero-order valence-electron chi connectivity index (χ0n) is 34.7. The first-order chi connectivity index (χ1) is 29.8. The van der Waals surface area contributed by atoms with Gasteiger partial charge in [-0.15, -0.1) is 4.31 Å². The lowest BCUT2D eigenvalue weighted by molar-refractivity contribution is -0.125. The maximum absolute atomic E-state index is 13.7.